The second kappa shape index (κ2) is 13.1. The largest absolute Gasteiger partial charge is 0.480 e. The van der Waals surface area contributed by atoms with Crippen molar-refractivity contribution in [2.45, 2.75) is 90.6 Å². The van der Waals surface area contributed by atoms with Crippen LogP contribution in [0.25, 0.3) is 0 Å². The first kappa shape index (κ1) is 28.6. The molecule has 0 spiro atoms. The highest BCUT2D eigenvalue weighted by Gasteiger charge is 2.31. The molecule has 0 bridgehead atoms. The van der Waals surface area contributed by atoms with Gasteiger partial charge in [0.25, 0.3) is 5.91 Å². The maximum absolute atomic E-state index is 12.6. The molecule has 0 aliphatic heterocycles. The highest BCUT2D eigenvalue weighted by Crippen LogP contribution is 2.09. The average Bonchev–Trinajstić information content (AvgIpc) is 2.61. The van der Waals surface area contributed by atoms with E-state index in [1.807, 2.05) is 0 Å². The molecule has 3 amide bonds. The van der Waals surface area contributed by atoms with Gasteiger partial charge >= 0.3 is 12.1 Å². The number of nitrogens with two attached hydrogens (primary N) is 1. The minimum atomic E-state index is -1.69. The van der Waals surface area contributed by atoms with Gasteiger partial charge in [0.2, 0.25) is 5.91 Å². The molecule has 0 rings (SSSR count). The van der Waals surface area contributed by atoms with E-state index >= 15 is 0 Å². The van der Waals surface area contributed by atoms with Crippen molar-refractivity contribution in [3.05, 3.63) is 0 Å². The van der Waals surface area contributed by atoms with Crippen LogP contribution in [0.2, 0.25) is 0 Å². The summed E-state index contributed by atoms with van der Waals surface area (Å²) in [6, 6.07) is -3.18. The number of aliphatic hydroxyl groups is 1. The summed E-state index contributed by atoms with van der Waals surface area (Å²) in [5, 5.41) is 26.7. The lowest BCUT2D eigenvalue weighted by atomic mass is 10.0. The minimum absolute atomic E-state index is 0.0119. The van der Waals surface area contributed by atoms with Gasteiger partial charge in [-0.25, -0.2) is 9.59 Å². The molecule has 31 heavy (non-hydrogen) atoms. The highest BCUT2D eigenvalue weighted by molar-refractivity contribution is 5.89. The quantitative estimate of drug-likeness (QED) is 0.244. The number of hydrogen-bond donors (Lipinski definition) is 6. The summed E-state index contributed by atoms with van der Waals surface area (Å²) < 4.78 is 5.16. The molecule has 0 heterocycles. The van der Waals surface area contributed by atoms with Crippen molar-refractivity contribution >= 4 is 23.9 Å². The first-order chi connectivity index (χ1) is 14.2. The number of alkyl carbamates (subject to hydrolysis) is 1. The van der Waals surface area contributed by atoms with Crippen molar-refractivity contribution in [1.82, 2.24) is 16.0 Å². The molecule has 0 saturated carbocycles. The molecular formula is C20H38N4O7. The van der Waals surface area contributed by atoms with Crippen molar-refractivity contribution in [2.24, 2.45) is 11.7 Å². The Hall–Kier alpha value is -2.40. The van der Waals surface area contributed by atoms with Crippen LogP contribution >= 0.6 is 0 Å². The van der Waals surface area contributed by atoms with Crippen molar-refractivity contribution in [3.63, 3.8) is 0 Å². The van der Waals surface area contributed by atoms with E-state index in [2.05, 4.69) is 16.0 Å². The van der Waals surface area contributed by atoms with Gasteiger partial charge in [-0.05, 0) is 59.4 Å². The van der Waals surface area contributed by atoms with Gasteiger partial charge in [0, 0.05) is 0 Å². The van der Waals surface area contributed by atoms with E-state index in [1.165, 1.54) is 6.92 Å². The lowest BCUT2D eigenvalue weighted by molar-refractivity contribution is -0.144. The number of aliphatic hydroxyl groups excluding tert-OH is 1. The van der Waals surface area contributed by atoms with Crippen LogP contribution in [0.4, 0.5) is 4.79 Å². The van der Waals surface area contributed by atoms with E-state index in [0.29, 0.717) is 13.0 Å². The van der Waals surface area contributed by atoms with Crippen LogP contribution in [-0.4, -0.2) is 70.5 Å². The predicted molar refractivity (Wildman–Crippen MR) is 114 cm³/mol. The van der Waals surface area contributed by atoms with Gasteiger partial charge in [-0.3, -0.25) is 9.59 Å². The number of rotatable bonds is 12. The summed E-state index contributed by atoms with van der Waals surface area (Å²) in [6.45, 7) is 10.4. The summed E-state index contributed by atoms with van der Waals surface area (Å²) in [4.78, 5) is 48.2. The molecule has 0 aliphatic rings. The Balaban J connectivity index is 5.04. The fourth-order valence-corrected chi connectivity index (χ4v) is 2.62. The van der Waals surface area contributed by atoms with E-state index < -0.39 is 53.7 Å². The minimum Gasteiger partial charge on any atom is -0.480 e. The average molecular weight is 447 g/mol. The topological polar surface area (TPSA) is 180 Å². The van der Waals surface area contributed by atoms with Gasteiger partial charge in [0.15, 0.2) is 6.10 Å². The monoisotopic (exact) mass is 446 g/mol. The molecule has 1 unspecified atom stereocenters. The third-order valence-corrected chi connectivity index (χ3v) is 4.14. The van der Waals surface area contributed by atoms with E-state index in [0.717, 1.165) is 0 Å². The Kier molecular flexibility index (Phi) is 12.1. The van der Waals surface area contributed by atoms with E-state index in [4.69, 9.17) is 10.5 Å². The van der Waals surface area contributed by atoms with E-state index in [1.54, 1.807) is 34.6 Å². The SMILES string of the molecule is CC(C)C[C@H](NC(=O)C(O)[C@H](C)NC(=O)[C@H](CCCN)NC(=O)OC(C)(C)C)C(=O)O. The fraction of sp³-hybridized carbons (Fsp3) is 0.800. The molecule has 0 aliphatic carbocycles. The molecule has 0 aromatic carbocycles. The second-order valence-electron chi connectivity index (χ2n) is 8.90. The Morgan fingerprint density at radius 2 is 1.55 bits per heavy atom. The van der Waals surface area contributed by atoms with Gasteiger partial charge in [0.05, 0.1) is 6.04 Å². The molecule has 0 aromatic rings. The summed E-state index contributed by atoms with van der Waals surface area (Å²) in [5.41, 5.74) is 4.73. The Labute approximate surface area is 183 Å². The third-order valence-electron chi connectivity index (χ3n) is 4.14. The summed E-state index contributed by atoms with van der Waals surface area (Å²) in [6.07, 6.45) is -1.61. The van der Waals surface area contributed by atoms with Gasteiger partial charge in [-0.2, -0.15) is 0 Å². The molecule has 7 N–H and O–H groups in total. The zero-order valence-electron chi connectivity index (χ0n) is 19.2. The zero-order chi connectivity index (χ0) is 24.4. The molecule has 0 radical (unpaired) electrons. The van der Waals surface area contributed by atoms with Crippen molar-refractivity contribution in [3.8, 4) is 0 Å². The van der Waals surface area contributed by atoms with Crippen LogP contribution in [0.3, 0.4) is 0 Å². The van der Waals surface area contributed by atoms with Crippen LogP contribution in [0, 0.1) is 5.92 Å². The molecule has 0 saturated heterocycles. The van der Waals surface area contributed by atoms with E-state index in [9.17, 15) is 29.4 Å². The molecule has 11 nitrogen and oxygen atoms in total. The number of carboxylic acids is 1. The Morgan fingerprint density at radius 1 is 0.968 bits per heavy atom. The zero-order valence-corrected chi connectivity index (χ0v) is 19.2. The molecule has 0 fully saturated rings. The summed E-state index contributed by atoms with van der Waals surface area (Å²) >= 11 is 0. The summed E-state index contributed by atoms with van der Waals surface area (Å²) in [5.74, 6) is -2.75. The van der Waals surface area contributed by atoms with Crippen LogP contribution in [0.1, 0.15) is 60.8 Å². The molecule has 0 aromatic heterocycles. The van der Waals surface area contributed by atoms with Crippen molar-refractivity contribution in [1.29, 1.82) is 0 Å². The normalized spacial score (nSPS) is 15.4. The maximum Gasteiger partial charge on any atom is 0.408 e. The first-order valence-electron chi connectivity index (χ1n) is 10.4. The standard InChI is InChI=1S/C20H38N4O7/c1-11(2)10-14(18(28)29)23-17(27)15(25)12(3)22-16(26)13(8-7-9-21)24-19(30)31-20(4,5)6/h11-15,25H,7-10,21H2,1-6H3,(H,22,26)(H,23,27)(H,24,30)(H,28,29)/t12-,13-,14-,15?/m0/s1. The van der Waals surface area contributed by atoms with Gasteiger partial charge in [0.1, 0.15) is 17.7 Å². The molecule has 180 valence electrons. The number of amides is 3. The maximum atomic E-state index is 12.6. The third kappa shape index (κ3) is 12.1. The highest BCUT2D eigenvalue weighted by atomic mass is 16.6. The lowest BCUT2D eigenvalue weighted by Gasteiger charge is -2.26. The summed E-state index contributed by atoms with van der Waals surface area (Å²) in [7, 11) is 0. The number of aliphatic carboxylic acids is 1. The lowest BCUT2D eigenvalue weighted by Crippen LogP contribution is -2.56. The fourth-order valence-electron chi connectivity index (χ4n) is 2.62. The van der Waals surface area contributed by atoms with Crippen molar-refractivity contribution < 1.29 is 34.1 Å². The van der Waals surface area contributed by atoms with Crippen LogP contribution in [0.5, 0.6) is 0 Å². The number of hydrogen-bond acceptors (Lipinski definition) is 7. The van der Waals surface area contributed by atoms with Crippen LogP contribution < -0.4 is 21.7 Å². The number of carbonyl (C=O) groups is 4. The van der Waals surface area contributed by atoms with Gasteiger partial charge in [-0.15, -0.1) is 0 Å². The molecule has 4 atom stereocenters. The molecule has 11 heteroatoms. The van der Waals surface area contributed by atoms with Crippen LogP contribution in [0.15, 0.2) is 0 Å². The Morgan fingerprint density at radius 3 is 2.00 bits per heavy atom. The van der Waals surface area contributed by atoms with Crippen LogP contribution in [-0.2, 0) is 19.1 Å². The Bertz CT molecular complexity index is 619. The first-order valence-corrected chi connectivity index (χ1v) is 10.4. The number of carbonyl (C=O) groups excluding carboxylic acids is 3. The number of nitrogens with one attached hydrogen (secondary N) is 3. The molecular weight excluding hydrogens is 408 g/mol. The predicted octanol–water partition coefficient (Wildman–Crippen LogP) is 0.0997. The second-order valence-corrected chi connectivity index (χ2v) is 8.90. The van der Waals surface area contributed by atoms with Crippen molar-refractivity contribution in [2.75, 3.05) is 6.54 Å². The number of ether oxygens (including phenoxy) is 1. The number of carboxylic acid groups (broad SMARTS) is 1. The van der Waals surface area contributed by atoms with Gasteiger partial charge in [-0.1, -0.05) is 13.8 Å². The van der Waals surface area contributed by atoms with Gasteiger partial charge < -0.3 is 36.6 Å². The smallest absolute Gasteiger partial charge is 0.408 e. The van der Waals surface area contributed by atoms with E-state index in [-0.39, 0.29) is 18.8 Å².